The van der Waals surface area contributed by atoms with Gasteiger partial charge in [-0.15, -0.1) is 0 Å². The van der Waals surface area contributed by atoms with Crippen LogP contribution in [-0.4, -0.2) is 17.3 Å². The van der Waals surface area contributed by atoms with Gasteiger partial charge in [0, 0.05) is 33.2 Å². The number of nitrogens with zero attached hydrogens (tertiary/aromatic N) is 2. The summed E-state index contributed by atoms with van der Waals surface area (Å²) in [5.41, 5.74) is 8.97. The van der Waals surface area contributed by atoms with Crippen LogP contribution in [0.2, 0.25) is 0 Å². The molecule has 0 aliphatic heterocycles. The van der Waals surface area contributed by atoms with Gasteiger partial charge < -0.3 is 19.1 Å². The van der Waals surface area contributed by atoms with Gasteiger partial charge in [-0.3, -0.25) is 0 Å². The standard InChI is InChI=1S/C40H28BN2O2/c44-41-45-34-24-22-33(23-25-34)42(38-16-8-10-29-9-4-5-13-35(29)38)32-20-17-28(18-21-32)30-19-26-40-37(27-30)36-14-6-7-15-39(36)43(40)31-11-2-1-3-12-31/h1-27,44H. The Morgan fingerprint density at radius 3 is 1.91 bits per heavy atom. The first kappa shape index (κ1) is 26.8. The minimum Gasteiger partial charge on any atom is -0.537 e. The summed E-state index contributed by atoms with van der Waals surface area (Å²) < 4.78 is 7.52. The molecule has 1 N–H and O–H groups in total. The maximum absolute atomic E-state index is 9.10. The predicted molar refractivity (Wildman–Crippen MR) is 187 cm³/mol. The van der Waals surface area contributed by atoms with Crippen LogP contribution in [0.25, 0.3) is 49.4 Å². The van der Waals surface area contributed by atoms with Crippen LogP contribution in [-0.2, 0) is 0 Å². The molecular formula is C40H28BN2O2. The Hall–Kier alpha value is -5.78. The Morgan fingerprint density at radius 2 is 1.13 bits per heavy atom. The van der Waals surface area contributed by atoms with Crippen molar-refractivity contribution < 1.29 is 9.68 Å². The average molecular weight is 579 g/mol. The van der Waals surface area contributed by atoms with E-state index in [0.717, 1.165) is 33.7 Å². The molecule has 8 rings (SSSR count). The Bertz CT molecular complexity index is 2270. The Labute approximate surface area is 262 Å². The van der Waals surface area contributed by atoms with Gasteiger partial charge in [-0.1, -0.05) is 91.0 Å². The molecule has 4 nitrogen and oxygen atoms in total. The second-order valence-electron chi connectivity index (χ2n) is 11.0. The van der Waals surface area contributed by atoms with Crippen molar-refractivity contribution in [2.45, 2.75) is 0 Å². The van der Waals surface area contributed by atoms with E-state index in [4.69, 9.17) is 9.68 Å². The molecule has 0 amide bonds. The Balaban J connectivity index is 1.23. The van der Waals surface area contributed by atoms with Gasteiger partial charge in [0.25, 0.3) is 0 Å². The lowest BCUT2D eigenvalue weighted by atomic mass is 10.0. The van der Waals surface area contributed by atoms with Crippen LogP contribution in [0.5, 0.6) is 5.75 Å². The van der Waals surface area contributed by atoms with Crippen LogP contribution in [0, 0.1) is 0 Å². The summed E-state index contributed by atoms with van der Waals surface area (Å²) in [5.74, 6) is 0.568. The van der Waals surface area contributed by atoms with E-state index in [1.807, 2.05) is 24.3 Å². The quantitative estimate of drug-likeness (QED) is 0.191. The summed E-state index contributed by atoms with van der Waals surface area (Å²) in [6.45, 7) is 0. The molecule has 0 bridgehead atoms. The molecule has 0 aliphatic carbocycles. The SMILES string of the molecule is O[B]Oc1ccc(N(c2ccc(-c3ccc4c(c3)c3ccccc3n4-c3ccccc3)cc2)c2cccc3ccccc23)cc1. The van der Waals surface area contributed by atoms with E-state index in [2.05, 4.69) is 149 Å². The summed E-state index contributed by atoms with van der Waals surface area (Å²) in [5, 5.41) is 13.9. The number of benzene rings is 7. The fraction of sp³-hybridized carbons (Fsp3) is 0. The molecule has 5 heteroatoms. The minimum atomic E-state index is 0.568. The zero-order chi connectivity index (χ0) is 30.2. The minimum absolute atomic E-state index is 0.568. The van der Waals surface area contributed by atoms with Gasteiger partial charge in [-0.25, -0.2) is 0 Å². The zero-order valence-electron chi connectivity index (χ0n) is 24.4. The molecule has 0 atom stereocenters. The van der Waals surface area contributed by atoms with Crippen molar-refractivity contribution in [3.05, 3.63) is 164 Å². The molecule has 0 saturated heterocycles. The van der Waals surface area contributed by atoms with Crippen LogP contribution >= 0.6 is 0 Å². The molecule has 1 heterocycles. The summed E-state index contributed by atoms with van der Waals surface area (Å²) in [6.07, 6.45) is 0. The van der Waals surface area contributed by atoms with Crippen LogP contribution in [0.1, 0.15) is 0 Å². The molecule has 45 heavy (non-hydrogen) atoms. The number of fused-ring (bicyclic) bond motifs is 4. The highest BCUT2D eigenvalue weighted by molar-refractivity contribution is 6.17. The molecule has 8 aromatic rings. The highest BCUT2D eigenvalue weighted by Gasteiger charge is 2.17. The summed E-state index contributed by atoms with van der Waals surface area (Å²) in [7, 11) is 0.701. The van der Waals surface area contributed by atoms with Crippen molar-refractivity contribution >= 4 is 57.3 Å². The second kappa shape index (κ2) is 11.4. The largest absolute Gasteiger partial charge is 0.569 e. The lowest BCUT2D eigenvalue weighted by Gasteiger charge is -2.27. The zero-order valence-corrected chi connectivity index (χ0v) is 24.4. The maximum atomic E-state index is 9.10. The summed E-state index contributed by atoms with van der Waals surface area (Å²) in [6, 6.07) is 57.2. The van der Waals surface area contributed by atoms with Crippen LogP contribution in [0.4, 0.5) is 17.1 Å². The Morgan fingerprint density at radius 1 is 0.511 bits per heavy atom. The molecule has 7 aromatic carbocycles. The van der Waals surface area contributed by atoms with Crippen molar-refractivity contribution in [1.29, 1.82) is 0 Å². The first-order chi connectivity index (χ1) is 22.3. The normalized spacial score (nSPS) is 11.2. The summed E-state index contributed by atoms with van der Waals surface area (Å²) in [4.78, 5) is 2.26. The molecule has 0 unspecified atom stereocenters. The van der Waals surface area contributed by atoms with E-state index in [9.17, 15) is 0 Å². The fourth-order valence-electron chi connectivity index (χ4n) is 6.38. The smallest absolute Gasteiger partial charge is 0.537 e. The van der Waals surface area contributed by atoms with E-state index >= 15 is 0 Å². The van der Waals surface area contributed by atoms with Gasteiger partial charge in [0.1, 0.15) is 5.75 Å². The van der Waals surface area contributed by atoms with Gasteiger partial charge in [0.2, 0.25) is 0 Å². The van der Waals surface area contributed by atoms with Crippen molar-refractivity contribution in [3.63, 3.8) is 0 Å². The number of anilines is 3. The van der Waals surface area contributed by atoms with E-state index in [-0.39, 0.29) is 0 Å². The van der Waals surface area contributed by atoms with Gasteiger partial charge >= 0.3 is 7.69 Å². The van der Waals surface area contributed by atoms with Gasteiger partial charge in [0.05, 0.1) is 16.7 Å². The van der Waals surface area contributed by atoms with E-state index in [0.29, 0.717) is 13.4 Å². The number of hydrogen-bond acceptors (Lipinski definition) is 3. The highest BCUT2D eigenvalue weighted by Crippen LogP contribution is 2.41. The third kappa shape index (κ3) is 4.80. The lowest BCUT2D eigenvalue weighted by molar-refractivity contribution is 0.454. The molecule has 0 fully saturated rings. The summed E-state index contributed by atoms with van der Waals surface area (Å²) >= 11 is 0. The third-order valence-electron chi connectivity index (χ3n) is 8.44. The molecule has 213 valence electrons. The topological polar surface area (TPSA) is 37.6 Å². The molecular weight excluding hydrogens is 551 g/mol. The van der Waals surface area contributed by atoms with Crippen molar-refractivity contribution in [3.8, 4) is 22.6 Å². The maximum Gasteiger partial charge on any atom is 0.569 e. The fourth-order valence-corrected chi connectivity index (χ4v) is 6.38. The van der Waals surface area contributed by atoms with Gasteiger partial charge in [-0.2, -0.15) is 0 Å². The Kier molecular flexibility index (Phi) is 6.78. The lowest BCUT2D eigenvalue weighted by Crippen LogP contribution is -2.10. The van der Waals surface area contributed by atoms with Crippen molar-refractivity contribution in [1.82, 2.24) is 4.57 Å². The molecule has 0 spiro atoms. The van der Waals surface area contributed by atoms with Gasteiger partial charge in [-0.05, 0) is 89.3 Å². The molecule has 0 saturated carbocycles. The first-order valence-electron chi connectivity index (χ1n) is 15.0. The predicted octanol–water partition coefficient (Wildman–Crippen LogP) is 9.98. The monoisotopic (exact) mass is 579 g/mol. The van der Waals surface area contributed by atoms with Gasteiger partial charge in [0.15, 0.2) is 0 Å². The molecule has 0 aliphatic rings. The van der Waals surface area contributed by atoms with Crippen molar-refractivity contribution in [2.24, 2.45) is 0 Å². The molecule has 1 radical (unpaired) electrons. The number of para-hydroxylation sites is 2. The molecule has 1 aromatic heterocycles. The van der Waals surface area contributed by atoms with Crippen LogP contribution in [0.3, 0.4) is 0 Å². The van der Waals surface area contributed by atoms with E-state index in [1.54, 1.807) is 0 Å². The van der Waals surface area contributed by atoms with E-state index < -0.39 is 0 Å². The average Bonchev–Trinajstić information content (AvgIpc) is 3.44. The van der Waals surface area contributed by atoms with E-state index in [1.165, 1.54) is 32.8 Å². The van der Waals surface area contributed by atoms with Crippen LogP contribution < -0.4 is 9.55 Å². The first-order valence-corrected chi connectivity index (χ1v) is 15.0. The van der Waals surface area contributed by atoms with Crippen molar-refractivity contribution in [2.75, 3.05) is 4.90 Å². The highest BCUT2D eigenvalue weighted by atomic mass is 16.5. The second-order valence-corrected chi connectivity index (χ2v) is 11.0. The number of hydrogen-bond donors (Lipinski definition) is 1. The number of aromatic nitrogens is 1. The number of rotatable bonds is 7. The van der Waals surface area contributed by atoms with Crippen LogP contribution in [0.15, 0.2) is 164 Å². The third-order valence-corrected chi connectivity index (χ3v) is 8.44.